The van der Waals surface area contributed by atoms with Crippen molar-refractivity contribution in [3.63, 3.8) is 0 Å². The van der Waals surface area contributed by atoms with Crippen molar-refractivity contribution in [1.29, 1.82) is 0 Å². The average molecular weight is 559 g/mol. The molecule has 2 aromatic rings. The summed E-state index contributed by atoms with van der Waals surface area (Å²) in [5, 5.41) is 56.2. The molecule has 3 aliphatic rings. The number of phenolic OH excluding ortho intramolecular Hbond substituents is 1. The number of hydrogen-bond donors (Lipinski definition) is 6. The van der Waals surface area contributed by atoms with E-state index in [9.17, 15) is 30.3 Å². The number of fused-ring (bicyclic) bond motifs is 1. The van der Waals surface area contributed by atoms with Crippen molar-refractivity contribution in [2.75, 3.05) is 26.9 Å². The average Bonchev–Trinajstić information content (AvgIpc) is 3.68. The molecule has 0 spiro atoms. The summed E-state index contributed by atoms with van der Waals surface area (Å²) in [6.07, 6.45) is 1.17. The van der Waals surface area contributed by atoms with Gasteiger partial charge in [-0.05, 0) is 48.3 Å². The number of ether oxygens (including phenoxy) is 3. The first-order valence-corrected chi connectivity index (χ1v) is 13.8. The van der Waals surface area contributed by atoms with E-state index in [0.29, 0.717) is 30.8 Å². The van der Waals surface area contributed by atoms with Crippen molar-refractivity contribution < 1.29 is 44.5 Å². The van der Waals surface area contributed by atoms with E-state index < -0.39 is 37.3 Å². The molecule has 0 amide bonds. The zero-order valence-corrected chi connectivity index (χ0v) is 22.5. The fourth-order valence-corrected chi connectivity index (χ4v) is 5.93. The molecule has 5 atom stereocenters. The Morgan fingerprint density at radius 2 is 1.90 bits per heavy atom. The third kappa shape index (κ3) is 5.57. The molecule has 0 aromatic heterocycles. The van der Waals surface area contributed by atoms with Gasteiger partial charge < -0.3 is 50.0 Å². The zero-order chi connectivity index (χ0) is 28.4. The SMILES string of the molecule is COc1cc(O[C@H]2O[C@H](CO)[C@@H](O)[C@H](O)[C@H]2O)c2c(O)c(C(=O)CCCN3C=CNC3)c(C3CCCC3)cc2c1. The fraction of sp³-hybridized carbons (Fsp3) is 0.552. The molecule has 1 saturated carbocycles. The smallest absolute Gasteiger partial charge is 0.229 e. The van der Waals surface area contributed by atoms with Gasteiger partial charge in [0.15, 0.2) is 5.78 Å². The standard InChI is InChI=1S/C29H38N2O9/c1-38-18-11-17-12-19(16-5-2-3-6-16)24(20(33)7-4-9-31-10-8-30-15-31)26(35)23(17)21(13-18)39-29-28(37)27(36)25(34)22(14-32)40-29/h8,10-13,16,22,25,27-30,32,34-37H,2-7,9,14-15H2,1H3/t22-,25-,27+,28-,29+/m1/s1. The largest absolute Gasteiger partial charge is 0.506 e. The van der Waals surface area contributed by atoms with Crippen molar-refractivity contribution in [3.05, 3.63) is 41.7 Å². The van der Waals surface area contributed by atoms with E-state index in [1.807, 2.05) is 18.5 Å². The Labute approximate surface area is 232 Å². The van der Waals surface area contributed by atoms with Crippen LogP contribution in [0.15, 0.2) is 30.6 Å². The number of hydrogen-bond acceptors (Lipinski definition) is 11. The summed E-state index contributed by atoms with van der Waals surface area (Å²) in [7, 11) is 1.49. The van der Waals surface area contributed by atoms with Crippen LogP contribution in [0.3, 0.4) is 0 Å². The van der Waals surface area contributed by atoms with Crippen LogP contribution in [0.5, 0.6) is 17.2 Å². The summed E-state index contributed by atoms with van der Waals surface area (Å²) in [4.78, 5) is 15.7. The van der Waals surface area contributed by atoms with Crippen LogP contribution in [0.25, 0.3) is 10.8 Å². The summed E-state index contributed by atoms with van der Waals surface area (Å²) in [6, 6.07) is 5.16. The molecule has 6 N–H and O–H groups in total. The Kier molecular flexibility index (Phi) is 8.67. The number of carbonyl (C=O) groups is 1. The number of aliphatic hydroxyl groups is 4. The number of Topliss-reactive ketones (excluding diaryl/α,β-unsaturated/α-hetero) is 1. The molecule has 0 unspecified atom stereocenters. The van der Waals surface area contributed by atoms with Gasteiger partial charge in [0.05, 0.1) is 31.3 Å². The van der Waals surface area contributed by atoms with Gasteiger partial charge in [-0.3, -0.25) is 4.79 Å². The van der Waals surface area contributed by atoms with Crippen LogP contribution in [0.1, 0.15) is 60.4 Å². The molecule has 2 heterocycles. The van der Waals surface area contributed by atoms with Gasteiger partial charge in [0.2, 0.25) is 6.29 Å². The second kappa shape index (κ2) is 12.2. The quantitative estimate of drug-likeness (QED) is 0.235. The minimum atomic E-state index is -1.64. The maximum atomic E-state index is 13.7. The number of methoxy groups -OCH3 is 1. The summed E-state index contributed by atoms with van der Waals surface area (Å²) < 4.78 is 17.0. The van der Waals surface area contributed by atoms with Crippen molar-refractivity contribution in [2.24, 2.45) is 0 Å². The molecule has 11 nitrogen and oxygen atoms in total. The molecule has 2 aliphatic heterocycles. The van der Waals surface area contributed by atoms with Gasteiger partial charge in [-0.2, -0.15) is 0 Å². The number of aromatic hydroxyl groups is 1. The summed E-state index contributed by atoms with van der Waals surface area (Å²) in [5.74, 6) is 0.245. The second-order valence-electron chi connectivity index (χ2n) is 10.7. The fourth-order valence-electron chi connectivity index (χ4n) is 5.93. The van der Waals surface area contributed by atoms with Gasteiger partial charge in [-0.15, -0.1) is 0 Å². The third-order valence-electron chi connectivity index (χ3n) is 8.13. The molecule has 40 heavy (non-hydrogen) atoms. The van der Waals surface area contributed by atoms with Crippen molar-refractivity contribution in [2.45, 2.75) is 75.1 Å². The molecule has 5 rings (SSSR count). The van der Waals surface area contributed by atoms with E-state index in [1.165, 1.54) is 13.2 Å². The highest BCUT2D eigenvalue weighted by Gasteiger charge is 2.45. The lowest BCUT2D eigenvalue weighted by Gasteiger charge is -2.39. The lowest BCUT2D eigenvalue weighted by atomic mass is 9.86. The number of nitrogens with one attached hydrogen (secondary N) is 1. The van der Waals surface area contributed by atoms with Gasteiger partial charge >= 0.3 is 0 Å². The molecule has 0 bridgehead atoms. The Morgan fingerprint density at radius 1 is 1.12 bits per heavy atom. The highest BCUT2D eigenvalue weighted by atomic mass is 16.7. The van der Waals surface area contributed by atoms with Crippen LogP contribution in [-0.4, -0.2) is 93.9 Å². The molecular formula is C29H38N2O9. The van der Waals surface area contributed by atoms with Crippen LogP contribution in [0, 0.1) is 0 Å². The minimum absolute atomic E-state index is 0.0662. The normalized spacial score (nSPS) is 26.8. The summed E-state index contributed by atoms with van der Waals surface area (Å²) in [5.41, 5.74) is 1.08. The minimum Gasteiger partial charge on any atom is -0.506 e. The number of nitrogens with zero attached hydrogens (tertiary/aromatic N) is 1. The number of benzene rings is 2. The van der Waals surface area contributed by atoms with Crippen molar-refractivity contribution in [1.82, 2.24) is 10.2 Å². The van der Waals surface area contributed by atoms with E-state index in [2.05, 4.69) is 10.2 Å². The molecule has 11 heteroatoms. The summed E-state index contributed by atoms with van der Waals surface area (Å²) in [6.45, 7) is 0.788. The highest BCUT2D eigenvalue weighted by Crippen LogP contribution is 2.46. The van der Waals surface area contributed by atoms with Gasteiger partial charge in [-0.1, -0.05) is 12.8 Å². The molecule has 2 fully saturated rings. The number of ketones is 1. The first-order chi connectivity index (χ1) is 19.3. The number of phenols is 1. The van der Waals surface area contributed by atoms with E-state index in [0.717, 1.165) is 31.2 Å². The molecule has 1 aliphatic carbocycles. The first kappa shape index (κ1) is 28.4. The molecule has 218 valence electrons. The number of carbonyl (C=O) groups excluding carboxylic acids is 1. The van der Waals surface area contributed by atoms with Crippen molar-refractivity contribution in [3.8, 4) is 17.2 Å². The van der Waals surface area contributed by atoms with E-state index in [-0.39, 0.29) is 40.6 Å². The Morgan fingerprint density at radius 3 is 2.58 bits per heavy atom. The lowest BCUT2D eigenvalue weighted by molar-refractivity contribution is -0.277. The van der Waals surface area contributed by atoms with Crippen LogP contribution in [0.4, 0.5) is 0 Å². The zero-order valence-electron chi connectivity index (χ0n) is 22.5. The molecule has 0 radical (unpaired) electrons. The van der Waals surface area contributed by atoms with Gasteiger partial charge in [-0.25, -0.2) is 0 Å². The van der Waals surface area contributed by atoms with Gasteiger partial charge in [0, 0.05) is 31.4 Å². The maximum Gasteiger partial charge on any atom is 0.229 e. The molecule has 2 aromatic carbocycles. The highest BCUT2D eigenvalue weighted by molar-refractivity contribution is 6.08. The topological polar surface area (TPSA) is 161 Å². The predicted octanol–water partition coefficient (Wildman–Crippen LogP) is 1.69. The number of rotatable bonds is 10. The van der Waals surface area contributed by atoms with Crippen LogP contribution in [-0.2, 0) is 4.74 Å². The molecular weight excluding hydrogens is 520 g/mol. The van der Waals surface area contributed by atoms with E-state index in [1.54, 1.807) is 6.07 Å². The summed E-state index contributed by atoms with van der Waals surface area (Å²) >= 11 is 0. The van der Waals surface area contributed by atoms with Gasteiger partial charge in [0.25, 0.3) is 0 Å². The van der Waals surface area contributed by atoms with E-state index in [4.69, 9.17) is 14.2 Å². The first-order valence-electron chi connectivity index (χ1n) is 13.8. The second-order valence-corrected chi connectivity index (χ2v) is 10.7. The van der Waals surface area contributed by atoms with E-state index >= 15 is 0 Å². The molecule has 1 saturated heterocycles. The van der Waals surface area contributed by atoms with Crippen LogP contribution >= 0.6 is 0 Å². The Hall–Kier alpha value is -3.09. The monoisotopic (exact) mass is 558 g/mol. The number of aliphatic hydroxyl groups excluding tert-OH is 4. The lowest BCUT2D eigenvalue weighted by Crippen LogP contribution is -2.60. The Bertz CT molecular complexity index is 1240. The van der Waals surface area contributed by atoms with Gasteiger partial charge in [0.1, 0.15) is 41.7 Å². The predicted molar refractivity (Wildman–Crippen MR) is 145 cm³/mol. The van der Waals surface area contributed by atoms with Crippen molar-refractivity contribution >= 4 is 16.6 Å². The van der Waals surface area contributed by atoms with Crippen LogP contribution in [0.2, 0.25) is 0 Å². The maximum absolute atomic E-state index is 13.7. The third-order valence-corrected chi connectivity index (χ3v) is 8.13. The Balaban J connectivity index is 1.54. The van der Waals surface area contributed by atoms with Crippen LogP contribution < -0.4 is 14.8 Å².